The van der Waals surface area contributed by atoms with Crippen LogP contribution in [-0.2, 0) is 6.54 Å². The van der Waals surface area contributed by atoms with Crippen LogP contribution < -0.4 is 10.1 Å². The average Bonchev–Trinajstić information content (AvgIpc) is 3.19. The Bertz CT molecular complexity index is 436. The van der Waals surface area contributed by atoms with Gasteiger partial charge in [-0.2, -0.15) is 0 Å². The molecule has 2 fully saturated rings. The molecule has 20 heavy (non-hydrogen) atoms. The van der Waals surface area contributed by atoms with E-state index in [1.54, 1.807) is 0 Å². The molecule has 2 aliphatic rings. The van der Waals surface area contributed by atoms with Crippen LogP contribution in [0.15, 0.2) is 24.3 Å². The number of benzene rings is 1. The Morgan fingerprint density at radius 1 is 1.20 bits per heavy atom. The van der Waals surface area contributed by atoms with Crippen molar-refractivity contribution < 1.29 is 9.84 Å². The summed E-state index contributed by atoms with van der Waals surface area (Å²) < 4.78 is 5.91. The highest BCUT2D eigenvalue weighted by atomic mass is 16.5. The summed E-state index contributed by atoms with van der Waals surface area (Å²) in [5, 5.41) is 13.7. The standard InChI is InChI=1S/C17H25NO2/c19-17(9-3-4-10-17)13-18-11-15-5-1-2-6-16(15)20-12-14-7-8-14/h1-2,5-6,14,18-19H,3-4,7-13H2. The molecule has 0 atom stereocenters. The fourth-order valence-electron chi connectivity index (χ4n) is 2.92. The molecule has 0 spiro atoms. The minimum Gasteiger partial charge on any atom is -0.493 e. The average molecular weight is 275 g/mol. The SMILES string of the molecule is OC1(CNCc2ccccc2OCC2CC2)CCCC1. The zero-order valence-electron chi connectivity index (χ0n) is 12.1. The van der Waals surface area contributed by atoms with Gasteiger partial charge in [-0.05, 0) is 37.7 Å². The molecule has 0 bridgehead atoms. The van der Waals surface area contributed by atoms with Crippen molar-refractivity contribution >= 4 is 0 Å². The van der Waals surface area contributed by atoms with Gasteiger partial charge < -0.3 is 15.2 Å². The second-order valence-electron chi connectivity index (χ2n) is 6.40. The summed E-state index contributed by atoms with van der Waals surface area (Å²) in [7, 11) is 0. The zero-order valence-corrected chi connectivity index (χ0v) is 12.1. The molecule has 3 rings (SSSR count). The summed E-state index contributed by atoms with van der Waals surface area (Å²) in [6.45, 7) is 2.30. The Morgan fingerprint density at radius 2 is 1.95 bits per heavy atom. The first-order valence-electron chi connectivity index (χ1n) is 7.89. The van der Waals surface area contributed by atoms with E-state index >= 15 is 0 Å². The number of aliphatic hydroxyl groups is 1. The molecule has 3 nitrogen and oxygen atoms in total. The number of ether oxygens (including phenoxy) is 1. The summed E-state index contributed by atoms with van der Waals surface area (Å²) >= 11 is 0. The highest BCUT2D eigenvalue weighted by molar-refractivity contribution is 5.33. The monoisotopic (exact) mass is 275 g/mol. The summed E-state index contributed by atoms with van der Waals surface area (Å²) in [5.41, 5.74) is 0.707. The highest BCUT2D eigenvalue weighted by Gasteiger charge is 2.30. The van der Waals surface area contributed by atoms with E-state index in [1.165, 1.54) is 18.4 Å². The van der Waals surface area contributed by atoms with Crippen LogP contribution in [0.25, 0.3) is 0 Å². The van der Waals surface area contributed by atoms with Crippen molar-refractivity contribution in [1.29, 1.82) is 0 Å². The second kappa shape index (κ2) is 6.15. The molecule has 0 amide bonds. The van der Waals surface area contributed by atoms with Crippen molar-refractivity contribution in [3.05, 3.63) is 29.8 Å². The molecular formula is C17H25NO2. The Balaban J connectivity index is 1.50. The molecule has 0 aromatic heterocycles. The molecular weight excluding hydrogens is 250 g/mol. The van der Waals surface area contributed by atoms with Gasteiger partial charge in [0.05, 0.1) is 12.2 Å². The van der Waals surface area contributed by atoms with Crippen molar-refractivity contribution in [2.75, 3.05) is 13.2 Å². The summed E-state index contributed by atoms with van der Waals surface area (Å²) in [6, 6.07) is 8.22. The molecule has 0 radical (unpaired) electrons. The van der Waals surface area contributed by atoms with Crippen molar-refractivity contribution in [2.45, 2.75) is 50.7 Å². The lowest BCUT2D eigenvalue weighted by Gasteiger charge is -2.22. The normalized spacial score (nSPS) is 21.1. The van der Waals surface area contributed by atoms with E-state index in [4.69, 9.17) is 4.74 Å². The molecule has 0 saturated heterocycles. The maximum absolute atomic E-state index is 10.3. The molecule has 2 N–H and O–H groups in total. The van der Waals surface area contributed by atoms with Crippen LogP contribution in [0.4, 0.5) is 0 Å². The lowest BCUT2D eigenvalue weighted by Crippen LogP contribution is -2.37. The molecule has 0 aliphatic heterocycles. The fourth-order valence-corrected chi connectivity index (χ4v) is 2.92. The van der Waals surface area contributed by atoms with Crippen molar-refractivity contribution in [1.82, 2.24) is 5.32 Å². The van der Waals surface area contributed by atoms with E-state index in [2.05, 4.69) is 11.4 Å². The number of nitrogens with one attached hydrogen (secondary N) is 1. The van der Waals surface area contributed by atoms with Crippen LogP contribution in [0.5, 0.6) is 5.75 Å². The first-order valence-corrected chi connectivity index (χ1v) is 7.89. The van der Waals surface area contributed by atoms with Gasteiger partial charge in [0, 0.05) is 18.7 Å². The van der Waals surface area contributed by atoms with Gasteiger partial charge in [0.2, 0.25) is 0 Å². The van der Waals surface area contributed by atoms with Gasteiger partial charge in [0.15, 0.2) is 0 Å². The van der Waals surface area contributed by atoms with Crippen LogP contribution in [0, 0.1) is 5.92 Å². The molecule has 0 heterocycles. The maximum Gasteiger partial charge on any atom is 0.123 e. The van der Waals surface area contributed by atoms with Gasteiger partial charge in [0.25, 0.3) is 0 Å². The minimum atomic E-state index is -0.482. The minimum absolute atomic E-state index is 0.482. The Labute approximate surface area is 121 Å². The van der Waals surface area contributed by atoms with Gasteiger partial charge >= 0.3 is 0 Å². The van der Waals surface area contributed by atoms with E-state index in [9.17, 15) is 5.11 Å². The van der Waals surface area contributed by atoms with Crippen LogP contribution in [0.2, 0.25) is 0 Å². The third-order valence-electron chi connectivity index (χ3n) is 4.45. The molecule has 3 heteroatoms. The lowest BCUT2D eigenvalue weighted by atomic mass is 10.0. The lowest BCUT2D eigenvalue weighted by molar-refractivity contribution is 0.0474. The summed E-state index contributed by atoms with van der Waals surface area (Å²) in [5.74, 6) is 1.76. The van der Waals surface area contributed by atoms with Crippen LogP contribution in [-0.4, -0.2) is 23.9 Å². The quantitative estimate of drug-likeness (QED) is 0.804. The van der Waals surface area contributed by atoms with E-state index < -0.39 is 5.60 Å². The van der Waals surface area contributed by atoms with E-state index in [-0.39, 0.29) is 0 Å². The predicted molar refractivity (Wildman–Crippen MR) is 79.8 cm³/mol. The predicted octanol–water partition coefficient (Wildman–Crippen LogP) is 2.87. The maximum atomic E-state index is 10.3. The Morgan fingerprint density at radius 3 is 2.70 bits per heavy atom. The fraction of sp³-hybridized carbons (Fsp3) is 0.647. The molecule has 0 unspecified atom stereocenters. The number of rotatable bonds is 7. The van der Waals surface area contributed by atoms with Crippen molar-refractivity contribution in [3.8, 4) is 5.75 Å². The van der Waals surface area contributed by atoms with Gasteiger partial charge in [0.1, 0.15) is 5.75 Å². The highest BCUT2D eigenvalue weighted by Crippen LogP contribution is 2.31. The first kappa shape index (κ1) is 13.9. The van der Waals surface area contributed by atoms with Crippen molar-refractivity contribution in [2.24, 2.45) is 5.92 Å². The number of hydrogen-bond acceptors (Lipinski definition) is 3. The third kappa shape index (κ3) is 3.74. The topological polar surface area (TPSA) is 41.5 Å². The molecule has 2 saturated carbocycles. The van der Waals surface area contributed by atoms with Gasteiger partial charge in [-0.15, -0.1) is 0 Å². The molecule has 1 aromatic rings. The molecule has 110 valence electrons. The summed E-state index contributed by atoms with van der Waals surface area (Å²) in [6.07, 6.45) is 6.79. The van der Waals surface area contributed by atoms with Gasteiger partial charge in [-0.3, -0.25) is 0 Å². The zero-order chi connectivity index (χ0) is 13.8. The Kier molecular flexibility index (Phi) is 4.27. The van der Waals surface area contributed by atoms with E-state index in [0.29, 0.717) is 6.54 Å². The van der Waals surface area contributed by atoms with Crippen LogP contribution in [0.1, 0.15) is 44.1 Å². The van der Waals surface area contributed by atoms with E-state index in [1.807, 2.05) is 18.2 Å². The largest absolute Gasteiger partial charge is 0.493 e. The van der Waals surface area contributed by atoms with E-state index in [0.717, 1.165) is 50.5 Å². The van der Waals surface area contributed by atoms with Crippen LogP contribution in [0.3, 0.4) is 0 Å². The second-order valence-corrected chi connectivity index (χ2v) is 6.40. The summed E-state index contributed by atoms with van der Waals surface area (Å²) in [4.78, 5) is 0. The van der Waals surface area contributed by atoms with Crippen molar-refractivity contribution in [3.63, 3.8) is 0 Å². The molecule has 2 aliphatic carbocycles. The smallest absolute Gasteiger partial charge is 0.123 e. The number of hydrogen-bond donors (Lipinski definition) is 2. The van der Waals surface area contributed by atoms with Gasteiger partial charge in [-0.25, -0.2) is 0 Å². The first-order chi connectivity index (χ1) is 9.75. The number of para-hydroxylation sites is 1. The van der Waals surface area contributed by atoms with Gasteiger partial charge in [-0.1, -0.05) is 31.0 Å². The van der Waals surface area contributed by atoms with Crippen LogP contribution >= 0.6 is 0 Å². The Hall–Kier alpha value is -1.06. The third-order valence-corrected chi connectivity index (χ3v) is 4.45. The molecule has 1 aromatic carbocycles.